The average molecular weight is 286 g/mol. The Morgan fingerprint density at radius 2 is 1.81 bits per heavy atom. The van der Waals surface area contributed by atoms with Gasteiger partial charge in [-0.3, -0.25) is 4.98 Å². The highest BCUT2D eigenvalue weighted by molar-refractivity contribution is 5.84. The minimum absolute atomic E-state index is 0.0671. The van der Waals surface area contributed by atoms with Crippen molar-refractivity contribution in [3.8, 4) is 5.75 Å². The maximum Gasteiger partial charge on any atom is 0.128 e. The summed E-state index contributed by atoms with van der Waals surface area (Å²) in [5.41, 5.74) is 1.17. The van der Waals surface area contributed by atoms with Crippen molar-refractivity contribution < 1.29 is 4.74 Å². The van der Waals surface area contributed by atoms with Crippen LogP contribution in [0.25, 0.3) is 10.9 Å². The summed E-state index contributed by atoms with van der Waals surface area (Å²) >= 11 is 0. The van der Waals surface area contributed by atoms with Gasteiger partial charge in [0.15, 0.2) is 0 Å². The normalized spacial score (nSPS) is 12.6. The molecule has 0 aliphatic rings. The first kappa shape index (κ1) is 15.8. The molecule has 1 heterocycles. The van der Waals surface area contributed by atoms with Crippen LogP contribution in [-0.2, 0) is 0 Å². The average Bonchev–Trinajstić information content (AvgIpc) is 2.42. The van der Waals surface area contributed by atoms with Crippen molar-refractivity contribution >= 4 is 10.9 Å². The van der Waals surface area contributed by atoms with Crippen LogP contribution in [0.3, 0.4) is 0 Å². The third-order valence-corrected chi connectivity index (χ3v) is 3.32. The number of nitrogens with zero attached hydrogens (tertiary/aromatic N) is 1. The topological polar surface area (TPSA) is 34.1 Å². The summed E-state index contributed by atoms with van der Waals surface area (Å²) in [6, 6.07) is 10.0. The third-order valence-electron chi connectivity index (χ3n) is 3.32. The molecular formula is C18H26N2O. The van der Waals surface area contributed by atoms with Gasteiger partial charge in [-0.25, -0.2) is 0 Å². The van der Waals surface area contributed by atoms with Gasteiger partial charge in [0.25, 0.3) is 0 Å². The molecule has 0 atom stereocenters. The van der Waals surface area contributed by atoms with Crippen molar-refractivity contribution in [2.75, 3.05) is 13.2 Å². The first-order chi connectivity index (χ1) is 9.77. The van der Waals surface area contributed by atoms with Crippen LogP contribution < -0.4 is 10.1 Å². The second kappa shape index (κ2) is 6.02. The second-order valence-electron chi connectivity index (χ2n) is 7.38. The maximum absolute atomic E-state index is 6.07. The van der Waals surface area contributed by atoms with Crippen molar-refractivity contribution in [3.63, 3.8) is 0 Å². The first-order valence-electron chi connectivity index (χ1n) is 7.48. The van der Waals surface area contributed by atoms with Crippen LogP contribution in [0.4, 0.5) is 0 Å². The van der Waals surface area contributed by atoms with E-state index in [2.05, 4.69) is 51.0 Å². The minimum Gasteiger partial charge on any atom is -0.492 e. The number of hydrogen-bond acceptors (Lipinski definition) is 3. The van der Waals surface area contributed by atoms with E-state index in [0.717, 1.165) is 23.2 Å². The molecule has 0 saturated carbocycles. The maximum atomic E-state index is 6.07. The molecule has 3 nitrogen and oxygen atoms in total. The number of aromatic nitrogens is 1. The molecule has 1 aromatic carbocycles. The van der Waals surface area contributed by atoms with E-state index in [1.807, 2.05) is 30.5 Å². The van der Waals surface area contributed by atoms with Crippen molar-refractivity contribution in [2.45, 2.75) is 40.2 Å². The predicted octanol–water partition coefficient (Wildman–Crippen LogP) is 4.03. The van der Waals surface area contributed by atoms with Gasteiger partial charge in [0.1, 0.15) is 5.75 Å². The Balaban J connectivity index is 2.04. The molecule has 3 heteroatoms. The molecule has 0 amide bonds. The monoisotopic (exact) mass is 286 g/mol. The number of nitrogens with one attached hydrogen (secondary N) is 1. The fourth-order valence-corrected chi connectivity index (χ4v) is 2.03. The van der Waals surface area contributed by atoms with Gasteiger partial charge in [0.05, 0.1) is 12.1 Å². The summed E-state index contributed by atoms with van der Waals surface area (Å²) in [5, 5.41) is 4.61. The number of pyridine rings is 1. The van der Waals surface area contributed by atoms with Gasteiger partial charge in [0, 0.05) is 29.1 Å². The Bertz CT molecular complexity index is 594. The predicted molar refractivity (Wildman–Crippen MR) is 88.8 cm³/mol. The van der Waals surface area contributed by atoms with Crippen LogP contribution in [0.1, 0.15) is 34.6 Å². The van der Waals surface area contributed by atoms with Crippen molar-refractivity contribution in [1.29, 1.82) is 0 Å². The minimum atomic E-state index is 0.0671. The zero-order valence-corrected chi connectivity index (χ0v) is 13.7. The molecule has 0 radical (unpaired) electrons. The summed E-state index contributed by atoms with van der Waals surface area (Å²) in [6.45, 7) is 12.6. The summed E-state index contributed by atoms with van der Waals surface area (Å²) in [7, 11) is 0. The van der Waals surface area contributed by atoms with Crippen molar-refractivity contribution in [1.82, 2.24) is 10.3 Å². The van der Waals surface area contributed by atoms with Gasteiger partial charge in [-0.1, -0.05) is 19.9 Å². The summed E-state index contributed by atoms with van der Waals surface area (Å²) in [6.07, 6.45) is 1.81. The summed E-state index contributed by atoms with van der Waals surface area (Å²) < 4.78 is 6.07. The highest BCUT2D eigenvalue weighted by Crippen LogP contribution is 2.26. The molecule has 1 aromatic heterocycles. The van der Waals surface area contributed by atoms with Crippen LogP contribution in [0.5, 0.6) is 5.75 Å². The first-order valence-corrected chi connectivity index (χ1v) is 7.48. The van der Waals surface area contributed by atoms with E-state index in [1.54, 1.807) is 0 Å². The van der Waals surface area contributed by atoms with Crippen LogP contribution in [0.15, 0.2) is 36.5 Å². The highest BCUT2D eigenvalue weighted by atomic mass is 16.5. The Hall–Kier alpha value is -1.61. The second-order valence-corrected chi connectivity index (χ2v) is 7.38. The molecule has 21 heavy (non-hydrogen) atoms. The van der Waals surface area contributed by atoms with Crippen LogP contribution in [0, 0.1) is 5.41 Å². The fraction of sp³-hybridized carbons (Fsp3) is 0.500. The van der Waals surface area contributed by atoms with Crippen LogP contribution in [-0.4, -0.2) is 23.7 Å². The molecule has 0 saturated heterocycles. The Labute approximate surface area is 127 Å². The number of ether oxygens (including phenoxy) is 1. The standard InChI is InChI=1S/C18H26N2O/c1-17(2,3)20-12-18(4,5)13-21-16-10-6-9-15-14(16)8-7-11-19-15/h6-11,20H,12-13H2,1-5H3. The van der Waals surface area contributed by atoms with Gasteiger partial charge in [0.2, 0.25) is 0 Å². The lowest BCUT2D eigenvalue weighted by Crippen LogP contribution is -2.43. The molecule has 0 unspecified atom stereocenters. The molecular weight excluding hydrogens is 260 g/mol. The molecule has 2 rings (SSSR count). The molecule has 0 aliphatic carbocycles. The highest BCUT2D eigenvalue weighted by Gasteiger charge is 2.22. The number of benzene rings is 1. The number of fused-ring (bicyclic) bond motifs is 1. The molecule has 0 fully saturated rings. The molecule has 0 bridgehead atoms. The van der Waals surface area contributed by atoms with E-state index in [9.17, 15) is 0 Å². The van der Waals surface area contributed by atoms with E-state index in [1.165, 1.54) is 0 Å². The Kier molecular flexibility index (Phi) is 4.52. The largest absolute Gasteiger partial charge is 0.492 e. The zero-order valence-electron chi connectivity index (χ0n) is 13.7. The summed E-state index contributed by atoms with van der Waals surface area (Å²) in [4.78, 5) is 4.36. The molecule has 0 spiro atoms. The quantitative estimate of drug-likeness (QED) is 0.901. The van der Waals surface area contributed by atoms with Gasteiger partial charge in [-0.05, 0) is 45.0 Å². The third kappa shape index (κ3) is 4.71. The van der Waals surface area contributed by atoms with Crippen molar-refractivity contribution in [2.24, 2.45) is 5.41 Å². The lowest BCUT2D eigenvalue weighted by Gasteiger charge is -2.30. The van der Waals surface area contributed by atoms with Crippen LogP contribution >= 0.6 is 0 Å². The van der Waals surface area contributed by atoms with E-state index >= 15 is 0 Å². The fourth-order valence-electron chi connectivity index (χ4n) is 2.03. The van der Waals surface area contributed by atoms with Crippen LogP contribution in [0.2, 0.25) is 0 Å². The molecule has 2 aromatic rings. The van der Waals surface area contributed by atoms with E-state index < -0.39 is 0 Å². The lowest BCUT2D eigenvalue weighted by atomic mass is 9.93. The molecule has 0 aliphatic heterocycles. The molecule has 1 N–H and O–H groups in total. The number of rotatable bonds is 5. The van der Waals surface area contributed by atoms with E-state index in [4.69, 9.17) is 4.74 Å². The summed E-state index contributed by atoms with van der Waals surface area (Å²) in [5.74, 6) is 0.907. The zero-order chi connectivity index (χ0) is 15.5. The van der Waals surface area contributed by atoms with E-state index in [0.29, 0.717) is 6.61 Å². The van der Waals surface area contributed by atoms with Crippen molar-refractivity contribution in [3.05, 3.63) is 36.5 Å². The SMILES string of the molecule is CC(C)(CNC(C)(C)C)COc1cccc2ncccc12. The number of hydrogen-bond donors (Lipinski definition) is 1. The Morgan fingerprint density at radius 3 is 2.52 bits per heavy atom. The lowest BCUT2D eigenvalue weighted by molar-refractivity contribution is 0.167. The van der Waals surface area contributed by atoms with Gasteiger partial charge < -0.3 is 10.1 Å². The van der Waals surface area contributed by atoms with Gasteiger partial charge >= 0.3 is 0 Å². The van der Waals surface area contributed by atoms with Gasteiger partial charge in [-0.2, -0.15) is 0 Å². The van der Waals surface area contributed by atoms with Gasteiger partial charge in [-0.15, -0.1) is 0 Å². The van der Waals surface area contributed by atoms with E-state index in [-0.39, 0.29) is 11.0 Å². The Morgan fingerprint density at radius 1 is 1.05 bits per heavy atom. The molecule has 114 valence electrons. The smallest absolute Gasteiger partial charge is 0.128 e.